The van der Waals surface area contributed by atoms with Gasteiger partial charge in [-0.05, 0) is 24.3 Å². The molecular weight excluding hydrogens is 224 g/mol. The zero-order valence-corrected chi connectivity index (χ0v) is 9.48. The molecule has 0 bridgehead atoms. The number of aromatic nitrogens is 2. The highest BCUT2D eigenvalue weighted by atomic mass is 35.5. The number of anilines is 2. The molecular formula is C11H13ClN4. The first kappa shape index (κ1) is 10.8. The van der Waals surface area contributed by atoms with Gasteiger partial charge in [-0.2, -0.15) is 5.10 Å². The number of hydrogen-bond donors (Lipinski definition) is 2. The van der Waals surface area contributed by atoms with E-state index >= 15 is 0 Å². The maximum absolute atomic E-state index is 6.03. The summed E-state index contributed by atoms with van der Waals surface area (Å²) in [4.78, 5) is 0. The molecule has 1 aromatic heterocycles. The van der Waals surface area contributed by atoms with Crippen molar-refractivity contribution in [2.75, 3.05) is 17.6 Å². The largest absolute Gasteiger partial charge is 0.399 e. The maximum atomic E-state index is 6.03. The SMILES string of the molecule is Nc1ccc(NCCn2cccn2)c(Cl)c1. The summed E-state index contributed by atoms with van der Waals surface area (Å²) < 4.78 is 1.86. The quantitative estimate of drug-likeness (QED) is 0.801. The van der Waals surface area contributed by atoms with E-state index in [0.717, 1.165) is 18.8 Å². The fourth-order valence-corrected chi connectivity index (χ4v) is 1.67. The molecule has 0 aliphatic carbocycles. The average molecular weight is 237 g/mol. The number of nitrogens with zero attached hydrogens (tertiary/aromatic N) is 2. The standard InChI is InChI=1S/C11H13ClN4/c12-10-8-9(13)2-3-11(10)14-5-7-16-6-1-4-15-16/h1-4,6,8,14H,5,7,13H2. The van der Waals surface area contributed by atoms with Gasteiger partial charge in [0.05, 0.1) is 17.3 Å². The molecule has 16 heavy (non-hydrogen) atoms. The van der Waals surface area contributed by atoms with Crippen LogP contribution in [-0.4, -0.2) is 16.3 Å². The van der Waals surface area contributed by atoms with E-state index in [1.807, 2.05) is 29.1 Å². The Morgan fingerprint density at radius 2 is 2.31 bits per heavy atom. The molecule has 0 radical (unpaired) electrons. The number of benzene rings is 1. The van der Waals surface area contributed by atoms with Crippen LogP contribution in [0, 0.1) is 0 Å². The molecule has 2 rings (SSSR count). The molecule has 0 aliphatic heterocycles. The van der Waals surface area contributed by atoms with E-state index in [0.29, 0.717) is 10.7 Å². The molecule has 0 unspecified atom stereocenters. The van der Waals surface area contributed by atoms with Gasteiger partial charge in [0.1, 0.15) is 0 Å². The van der Waals surface area contributed by atoms with Crippen molar-refractivity contribution in [3.8, 4) is 0 Å². The summed E-state index contributed by atoms with van der Waals surface area (Å²) >= 11 is 6.03. The van der Waals surface area contributed by atoms with Crippen molar-refractivity contribution in [1.29, 1.82) is 0 Å². The van der Waals surface area contributed by atoms with E-state index in [1.54, 1.807) is 12.3 Å². The summed E-state index contributed by atoms with van der Waals surface area (Å²) in [6, 6.07) is 7.33. The van der Waals surface area contributed by atoms with Crippen LogP contribution in [0.1, 0.15) is 0 Å². The Kier molecular flexibility index (Phi) is 3.31. The Morgan fingerprint density at radius 1 is 1.44 bits per heavy atom. The Labute approximate surface area is 99.0 Å². The van der Waals surface area contributed by atoms with Crippen LogP contribution in [0.5, 0.6) is 0 Å². The van der Waals surface area contributed by atoms with E-state index in [4.69, 9.17) is 17.3 Å². The second-order valence-electron chi connectivity index (χ2n) is 3.44. The van der Waals surface area contributed by atoms with Gasteiger partial charge in [0.2, 0.25) is 0 Å². The number of nitrogens with one attached hydrogen (secondary N) is 1. The highest BCUT2D eigenvalue weighted by Gasteiger charge is 1.99. The number of halogens is 1. The minimum Gasteiger partial charge on any atom is -0.399 e. The number of nitrogen functional groups attached to an aromatic ring is 1. The fourth-order valence-electron chi connectivity index (χ4n) is 1.41. The van der Waals surface area contributed by atoms with Crippen molar-refractivity contribution in [3.63, 3.8) is 0 Å². The van der Waals surface area contributed by atoms with Gasteiger partial charge >= 0.3 is 0 Å². The smallest absolute Gasteiger partial charge is 0.0657 e. The second-order valence-corrected chi connectivity index (χ2v) is 3.84. The Balaban J connectivity index is 1.90. The van der Waals surface area contributed by atoms with Crippen LogP contribution in [0.3, 0.4) is 0 Å². The molecule has 0 saturated carbocycles. The minimum absolute atomic E-state index is 0.639. The van der Waals surface area contributed by atoms with E-state index in [9.17, 15) is 0 Å². The highest BCUT2D eigenvalue weighted by molar-refractivity contribution is 6.33. The van der Waals surface area contributed by atoms with Crippen LogP contribution in [-0.2, 0) is 6.54 Å². The van der Waals surface area contributed by atoms with Gasteiger partial charge < -0.3 is 11.1 Å². The van der Waals surface area contributed by atoms with Crippen LogP contribution in [0.2, 0.25) is 5.02 Å². The molecule has 3 N–H and O–H groups in total. The molecule has 84 valence electrons. The topological polar surface area (TPSA) is 55.9 Å². The first-order valence-corrected chi connectivity index (χ1v) is 5.40. The van der Waals surface area contributed by atoms with E-state index in [2.05, 4.69) is 10.4 Å². The van der Waals surface area contributed by atoms with E-state index in [1.165, 1.54) is 0 Å². The number of nitrogens with two attached hydrogens (primary N) is 1. The van der Waals surface area contributed by atoms with Gasteiger partial charge in [0.25, 0.3) is 0 Å². The zero-order valence-electron chi connectivity index (χ0n) is 8.73. The van der Waals surface area contributed by atoms with Crippen molar-refractivity contribution in [1.82, 2.24) is 9.78 Å². The van der Waals surface area contributed by atoms with Gasteiger partial charge in [-0.3, -0.25) is 4.68 Å². The third-order valence-electron chi connectivity index (χ3n) is 2.21. The molecule has 0 fully saturated rings. The molecule has 5 heteroatoms. The van der Waals surface area contributed by atoms with Gasteiger partial charge in [-0.15, -0.1) is 0 Å². The van der Waals surface area contributed by atoms with Crippen molar-refractivity contribution < 1.29 is 0 Å². The summed E-state index contributed by atoms with van der Waals surface area (Å²) in [5, 5.41) is 7.98. The summed E-state index contributed by atoms with van der Waals surface area (Å²) in [5.74, 6) is 0. The Bertz CT molecular complexity index is 453. The highest BCUT2D eigenvalue weighted by Crippen LogP contribution is 2.23. The molecule has 1 heterocycles. The molecule has 4 nitrogen and oxygen atoms in total. The lowest BCUT2D eigenvalue weighted by atomic mass is 10.3. The summed E-state index contributed by atoms with van der Waals surface area (Å²) in [5.41, 5.74) is 7.17. The summed E-state index contributed by atoms with van der Waals surface area (Å²) in [6.07, 6.45) is 3.68. The Morgan fingerprint density at radius 3 is 3.00 bits per heavy atom. The van der Waals surface area contributed by atoms with Gasteiger partial charge in [-0.25, -0.2) is 0 Å². The molecule has 0 atom stereocenters. The molecule has 0 spiro atoms. The van der Waals surface area contributed by atoms with Crippen molar-refractivity contribution in [3.05, 3.63) is 41.7 Å². The van der Waals surface area contributed by atoms with Crippen molar-refractivity contribution in [2.45, 2.75) is 6.54 Å². The first-order valence-electron chi connectivity index (χ1n) is 5.02. The molecule has 0 saturated heterocycles. The lowest BCUT2D eigenvalue weighted by Gasteiger charge is -2.08. The van der Waals surface area contributed by atoms with Crippen LogP contribution >= 0.6 is 11.6 Å². The maximum Gasteiger partial charge on any atom is 0.0657 e. The molecule has 0 amide bonds. The van der Waals surface area contributed by atoms with E-state index in [-0.39, 0.29) is 0 Å². The van der Waals surface area contributed by atoms with Crippen molar-refractivity contribution >= 4 is 23.0 Å². The first-order chi connectivity index (χ1) is 7.75. The molecule has 0 aliphatic rings. The van der Waals surface area contributed by atoms with Crippen molar-refractivity contribution in [2.24, 2.45) is 0 Å². The predicted molar refractivity (Wildman–Crippen MR) is 66.6 cm³/mol. The third-order valence-corrected chi connectivity index (χ3v) is 2.52. The predicted octanol–water partition coefficient (Wildman–Crippen LogP) is 2.23. The summed E-state index contributed by atoms with van der Waals surface area (Å²) in [6.45, 7) is 1.57. The molecule has 1 aromatic carbocycles. The Hall–Kier alpha value is -1.68. The van der Waals surface area contributed by atoms with Crippen LogP contribution < -0.4 is 11.1 Å². The monoisotopic (exact) mass is 236 g/mol. The van der Waals surface area contributed by atoms with Crippen LogP contribution in [0.4, 0.5) is 11.4 Å². The normalized spacial score (nSPS) is 10.3. The number of hydrogen-bond acceptors (Lipinski definition) is 3. The third kappa shape index (κ3) is 2.67. The summed E-state index contributed by atoms with van der Waals surface area (Å²) in [7, 11) is 0. The fraction of sp³-hybridized carbons (Fsp3) is 0.182. The molecule has 2 aromatic rings. The minimum atomic E-state index is 0.639. The van der Waals surface area contributed by atoms with E-state index < -0.39 is 0 Å². The number of rotatable bonds is 4. The second kappa shape index (κ2) is 4.90. The van der Waals surface area contributed by atoms with Crippen LogP contribution in [0.15, 0.2) is 36.7 Å². The average Bonchev–Trinajstić information content (AvgIpc) is 2.74. The lowest BCUT2D eigenvalue weighted by molar-refractivity contribution is 0.638. The van der Waals surface area contributed by atoms with Gasteiger partial charge in [0.15, 0.2) is 0 Å². The van der Waals surface area contributed by atoms with Gasteiger partial charge in [-0.1, -0.05) is 11.6 Å². The van der Waals surface area contributed by atoms with Gasteiger partial charge in [0, 0.05) is 24.6 Å². The lowest BCUT2D eigenvalue weighted by Crippen LogP contribution is -2.11. The zero-order chi connectivity index (χ0) is 11.4. The van der Waals surface area contributed by atoms with Crippen LogP contribution in [0.25, 0.3) is 0 Å².